The summed E-state index contributed by atoms with van der Waals surface area (Å²) < 4.78 is 0. The average molecular weight is 367 g/mol. The minimum absolute atomic E-state index is 0.263. The Morgan fingerprint density at radius 1 is 1.00 bits per heavy atom. The number of nitrogens with zero attached hydrogens (tertiary/aromatic N) is 2. The lowest BCUT2D eigenvalue weighted by atomic mass is 10.1. The van der Waals surface area contributed by atoms with E-state index in [-0.39, 0.29) is 11.6 Å². The number of hydrogen-bond donors (Lipinski definition) is 2. The molecule has 0 atom stereocenters. The molecular weight excluding hydrogens is 348 g/mol. The van der Waals surface area contributed by atoms with Gasteiger partial charge >= 0.3 is 0 Å². The van der Waals surface area contributed by atoms with Crippen molar-refractivity contribution in [3.8, 4) is 0 Å². The largest absolute Gasteiger partial charge is 0.365 e. The van der Waals surface area contributed by atoms with E-state index in [9.17, 15) is 4.79 Å². The van der Waals surface area contributed by atoms with Gasteiger partial charge in [0.05, 0.1) is 12.4 Å². The van der Waals surface area contributed by atoms with Gasteiger partial charge in [-0.3, -0.25) is 4.79 Å². The molecule has 5 nitrogen and oxygen atoms in total. The van der Waals surface area contributed by atoms with Crippen molar-refractivity contribution in [2.75, 3.05) is 10.6 Å². The van der Waals surface area contributed by atoms with E-state index in [0.717, 1.165) is 23.2 Å². The van der Waals surface area contributed by atoms with Crippen LogP contribution in [0.3, 0.4) is 0 Å². The van der Waals surface area contributed by atoms with Crippen LogP contribution >= 0.6 is 11.6 Å². The second-order valence-electron chi connectivity index (χ2n) is 5.70. The lowest BCUT2D eigenvalue weighted by Gasteiger charge is -2.10. The average Bonchev–Trinajstić information content (AvgIpc) is 2.68. The van der Waals surface area contributed by atoms with E-state index in [0.29, 0.717) is 17.4 Å². The van der Waals surface area contributed by atoms with Gasteiger partial charge in [-0.25, -0.2) is 9.97 Å². The molecule has 0 spiro atoms. The third-order valence-corrected chi connectivity index (χ3v) is 4.32. The van der Waals surface area contributed by atoms with Crippen molar-refractivity contribution in [2.24, 2.45) is 0 Å². The molecule has 0 bridgehead atoms. The molecule has 0 aliphatic carbocycles. The van der Waals surface area contributed by atoms with Crippen LogP contribution in [-0.4, -0.2) is 15.9 Å². The number of para-hydroxylation sites is 1. The Kier molecular flexibility index (Phi) is 5.81. The van der Waals surface area contributed by atoms with Gasteiger partial charge in [-0.15, -0.1) is 0 Å². The summed E-state index contributed by atoms with van der Waals surface area (Å²) in [6.07, 6.45) is 3.84. The maximum atomic E-state index is 12.4. The van der Waals surface area contributed by atoms with E-state index in [1.807, 2.05) is 55.5 Å². The smallest absolute Gasteiger partial charge is 0.275 e. The number of benzene rings is 2. The minimum atomic E-state index is -0.281. The highest BCUT2D eigenvalue weighted by atomic mass is 35.5. The molecule has 1 amide bonds. The molecule has 26 heavy (non-hydrogen) atoms. The molecule has 0 saturated heterocycles. The summed E-state index contributed by atoms with van der Waals surface area (Å²) in [5.41, 5.74) is 3.10. The second kappa shape index (κ2) is 8.45. The van der Waals surface area contributed by atoms with E-state index in [2.05, 4.69) is 20.6 Å². The summed E-state index contributed by atoms with van der Waals surface area (Å²) >= 11 is 6.13. The van der Waals surface area contributed by atoms with Crippen LogP contribution in [0.4, 0.5) is 11.5 Å². The Morgan fingerprint density at radius 3 is 2.42 bits per heavy atom. The molecule has 2 aromatic carbocycles. The number of anilines is 2. The first kappa shape index (κ1) is 17.9. The maximum Gasteiger partial charge on any atom is 0.275 e. The van der Waals surface area contributed by atoms with Crippen molar-refractivity contribution in [3.63, 3.8) is 0 Å². The van der Waals surface area contributed by atoms with Gasteiger partial charge < -0.3 is 10.6 Å². The Labute approximate surface area is 157 Å². The normalized spacial score (nSPS) is 10.4. The van der Waals surface area contributed by atoms with Gasteiger partial charge in [-0.05, 0) is 29.7 Å². The Bertz CT molecular complexity index is 896. The number of nitrogens with one attached hydrogen (secondary N) is 2. The SMILES string of the molecule is CCc1ccccc1NC(=O)c1cnc(NCc2ccccc2Cl)cn1. The van der Waals surface area contributed by atoms with Gasteiger partial charge in [0.2, 0.25) is 0 Å². The van der Waals surface area contributed by atoms with Gasteiger partial charge in [0, 0.05) is 17.3 Å². The molecule has 132 valence electrons. The van der Waals surface area contributed by atoms with E-state index >= 15 is 0 Å². The first-order valence-electron chi connectivity index (χ1n) is 8.36. The van der Waals surface area contributed by atoms with Gasteiger partial charge in [-0.1, -0.05) is 54.9 Å². The number of hydrogen-bond acceptors (Lipinski definition) is 4. The molecule has 0 aliphatic rings. The van der Waals surface area contributed by atoms with E-state index in [4.69, 9.17) is 11.6 Å². The second-order valence-corrected chi connectivity index (χ2v) is 6.10. The van der Waals surface area contributed by atoms with Crippen molar-refractivity contribution < 1.29 is 4.79 Å². The fraction of sp³-hybridized carbons (Fsp3) is 0.150. The molecule has 0 aliphatic heterocycles. The third kappa shape index (κ3) is 4.37. The summed E-state index contributed by atoms with van der Waals surface area (Å²) in [6.45, 7) is 2.58. The molecule has 0 fully saturated rings. The van der Waals surface area contributed by atoms with Crippen LogP contribution in [0, 0.1) is 0 Å². The van der Waals surface area contributed by atoms with Crippen LogP contribution < -0.4 is 10.6 Å². The molecule has 0 radical (unpaired) electrons. The Balaban J connectivity index is 1.63. The zero-order chi connectivity index (χ0) is 18.4. The van der Waals surface area contributed by atoms with Crippen molar-refractivity contribution >= 4 is 29.0 Å². The van der Waals surface area contributed by atoms with Crippen molar-refractivity contribution in [2.45, 2.75) is 19.9 Å². The molecule has 1 heterocycles. The fourth-order valence-corrected chi connectivity index (χ4v) is 2.70. The zero-order valence-electron chi connectivity index (χ0n) is 14.4. The molecule has 6 heteroatoms. The number of rotatable bonds is 6. The van der Waals surface area contributed by atoms with E-state index in [1.54, 1.807) is 0 Å². The van der Waals surface area contributed by atoms with E-state index < -0.39 is 0 Å². The highest BCUT2D eigenvalue weighted by molar-refractivity contribution is 6.31. The topological polar surface area (TPSA) is 66.9 Å². The maximum absolute atomic E-state index is 12.4. The minimum Gasteiger partial charge on any atom is -0.365 e. The van der Waals surface area contributed by atoms with Crippen LogP contribution in [0.15, 0.2) is 60.9 Å². The fourth-order valence-electron chi connectivity index (χ4n) is 2.50. The molecular formula is C20H19ClN4O. The highest BCUT2D eigenvalue weighted by Gasteiger charge is 2.10. The number of carbonyl (C=O) groups excluding carboxylic acids is 1. The summed E-state index contributed by atoms with van der Waals surface area (Å²) in [7, 11) is 0. The van der Waals surface area contributed by atoms with Crippen molar-refractivity contribution in [1.82, 2.24) is 9.97 Å². The van der Waals surface area contributed by atoms with Crippen molar-refractivity contribution in [1.29, 1.82) is 0 Å². The molecule has 3 aromatic rings. The number of halogens is 1. The quantitative estimate of drug-likeness (QED) is 0.671. The highest BCUT2D eigenvalue weighted by Crippen LogP contribution is 2.17. The lowest BCUT2D eigenvalue weighted by Crippen LogP contribution is -2.15. The van der Waals surface area contributed by atoms with Crippen LogP contribution in [0.25, 0.3) is 0 Å². The number of amides is 1. The Morgan fingerprint density at radius 2 is 1.73 bits per heavy atom. The number of aromatic nitrogens is 2. The number of aryl methyl sites for hydroxylation is 1. The zero-order valence-corrected chi connectivity index (χ0v) is 15.1. The van der Waals surface area contributed by atoms with Crippen LogP contribution in [0.2, 0.25) is 5.02 Å². The van der Waals surface area contributed by atoms with Crippen LogP contribution in [0.5, 0.6) is 0 Å². The number of carbonyl (C=O) groups is 1. The van der Waals surface area contributed by atoms with Gasteiger partial charge in [0.15, 0.2) is 0 Å². The van der Waals surface area contributed by atoms with Crippen molar-refractivity contribution in [3.05, 3.63) is 82.8 Å². The standard InChI is InChI=1S/C20H19ClN4O/c1-2-14-7-4-6-10-17(14)25-20(26)18-12-24-19(13-22-18)23-11-15-8-3-5-9-16(15)21/h3-10,12-13H,2,11H2,1H3,(H,23,24)(H,25,26). The van der Waals surface area contributed by atoms with Gasteiger partial charge in [0.1, 0.15) is 11.5 Å². The summed E-state index contributed by atoms with van der Waals surface area (Å²) in [4.78, 5) is 20.8. The van der Waals surface area contributed by atoms with Gasteiger partial charge in [0.25, 0.3) is 5.91 Å². The molecule has 2 N–H and O–H groups in total. The predicted molar refractivity (Wildman–Crippen MR) is 105 cm³/mol. The summed E-state index contributed by atoms with van der Waals surface area (Å²) in [6, 6.07) is 15.3. The molecule has 1 aromatic heterocycles. The first-order valence-corrected chi connectivity index (χ1v) is 8.73. The summed E-state index contributed by atoms with van der Waals surface area (Å²) in [5.74, 6) is 0.298. The third-order valence-electron chi connectivity index (χ3n) is 3.95. The first-order chi connectivity index (χ1) is 12.7. The molecule has 3 rings (SSSR count). The lowest BCUT2D eigenvalue weighted by molar-refractivity contribution is 0.102. The Hall–Kier alpha value is -2.92. The molecule has 0 unspecified atom stereocenters. The van der Waals surface area contributed by atoms with E-state index in [1.165, 1.54) is 12.4 Å². The monoisotopic (exact) mass is 366 g/mol. The van der Waals surface area contributed by atoms with Crippen LogP contribution in [-0.2, 0) is 13.0 Å². The predicted octanol–water partition coefficient (Wildman–Crippen LogP) is 4.56. The van der Waals surface area contributed by atoms with Crippen LogP contribution in [0.1, 0.15) is 28.5 Å². The summed E-state index contributed by atoms with van der Waals surface area (Å²) in [5, 5.41) is 6.72. The van der Waals surface area contributed by atoms with Gasteiger partial charge in [-0.2, -0.15) is 0 Å². The molecule has 0 saturated carbocycles.